The van der Waals surface area contributed by atoms with E-state index in [-0.39, 0.29) is 0 Å². The normalized spacial score (nSPS) is 10.9. The Morgan fingerprint density at radius 1 is 1.38 bits per heavy atom. The first-order chi connectivity index (χ1) is 6.24. The molecule has 0 aliphatic heterocycles. The highest BCUT2D eigenvalue weighted by atomic mass is 32.1. The Hall–Kier alpha value is -1.02. The van der Waals surface area contributed by atoms with Crippen molar-refractivity contribution in [3.63, 3.8) is 0 Å². The minimum Gasteiger partial charge on any atom is -0.398 e. The number of hydrogen-bond donors (Lipinski definition) is 1. The van der Waals surface area contributed by atoms with Gasteiger partial charge < -0.3 is 5.73 Å². The van der Waals surface area contributed by atoms with Gasteiger partial charge in [-0.25, -0.2) is 0 Å². The van der Waals surface area contributed by atoms with Crippen molar-refractivity contribution in [2.24, 2.45) is 0 Å². The molecular formula is C11H13NS. The maximum absolute atomic E-state index is 5.93. The van der Waals surface area contributed by atoms with Crippen LogP contribution in [0.15, 0.2) is 17.5 Å². The molecule has 2 rings (SSSR count). The van der Waals surface area contributed by atoms with E-state index in [1.807, 2.05) is 5.38 Å². The van der Waals surface area contributed by atoms with E-state index in [4.69, 9.17) is 5.73 Å². The quantitative estimate of drug-likeness (QED) is 0.735. The van der Waals surface area contributed by atoms with Crippen molar-refractivity contribution in [1.82, 2.24) is 0 Å². The second-order valence-electron chi connectivity index (χ2n) is 3.29. The maximum Gasteiger partial charge on any atom is 0.0505 e. The monoisotopic (exact) mass is 191 g/mol. The number of aryl methyl sites for hydroxylation is 2. The third-order valence-electron chi connectivity index (χ3n) is 2.41. The Morgan fingerprint density at radius 3 is 2.85 bits per heavy atom. The van der Waals surface area contributed by atoms with E-state index in [9.17, 15) is 0 Å². The summed E-state index contributed by atoms with van der Waals surface area (Å²) < 4.78 is 1.34. The van der Waals surface area contributed by atoms with Crippen molar-refractivity contribution in [1.29, 1.82) is 0 Å². The smallest absolute Gasteiger partial charge is 0.0505 e. The van der Waals surface area contributed by atoms with Gasteiger partial charge in [-0.15, -0.1) is 11.3 Å². The van der Waals surface area contributed by atoms with Crippen LogP contribution in [0.2, 0.25) is 0 Å². The molecule has 68 valence electrons. The summed E-state index contributed by atoms with van der Waals surface area (Å²) in [4.78, 5) is 0. The second kappa shape index (κ2) is 3.04. The van der Waals surface area contributed by atoms with Gasteiger partial charge in [-0.2, -0.15) is 0 Å². The van der Waals surface area contributed by atoms with Gasteiger partial charge in [-0.3, -0.25) is 0 Å². The Bertz CT molecular complexity index is 443. The highest BCUT2D eigenvalue weighted by molar-refractivity contribution is 7.18. The van der Waals surface area contributed by atoms with Gasteiger partial charge in [0.15, 0.2) is 0 Å². The van der Waals surface area contributed by atoms with Gasteiger partial charge in [0.1, 0.15) is 0 Å². The maximum atomic E-state index is 5.93. The van der Waals surface area contributed by atoms with Crippen molar-refractivity contribution in [2.45, 2.75) is 20.3 Å². The molecular weight excluding hydrogens is 178 g/mol. The number of anilines is 1. The fourth-order valence-electron chi connectivity index (χ4n) is 1.67. The van der Waals surface area contributed by atoms with Crippen LogP contribution in [0, 0.1) is 6.92 Å². The van der Waals surface area contributed by atoms with Crippen LogP contribution in [-0.4, -0.2) is 0 Å². The van der Waals surface area contributed by atoms with Gasteiger partial charge >= 0.3 is 0 Å². The molecule has 2 heteroatoms. The number of fused-ring (bicyclic) bond motifs is 1. The number of benzene rings is 1. The molecule has 1 aromatic carbocycles. The Kier molecular flexibility index (Phi) is 2.00. The van der Waals surface area contributed by atoms with Gasteiger partial charge in [0.2, 0.25) is 0 Å². The topological polar surface area (TPSA) is 26.0 Å². The predicted octanol–water partition coefficient (Wildman–Crippen LogP) is 3.35. The SMILES string of the molecule is CCc1ccc(C)c2scc(N)c12. The van der Waals surface area contributed by atoms with Crippen molar-refractivity contribution < 1.29 is 0 Å². The summed E-state index contributed by atoms with van der Waals surface area (Å²) in [5.74, 6) is 0. The van der Waals surface area contributed by atoms with Crippen LogP contribution in [0.5, 0.6) is 0 Å². The summed E-state index contributed by atoms with van der Waals surface area (Å²) in [6.07, 6.45) is 1.05. The van der Waals surface area contributed by atoms with Gasteiger partial charge in [0, 0.05) is 15.5 Å². The van der Waals surface area contributed by atoms with Crippen molar-refractivity contribution in [3.8, 4) is 0 Å². The fraction of sp³-hybridized carbons (Fsp3) is 0.273. The molecule has 0 bridgehead atoms. The van der Waals surface area contributed by atoms with Gasteiger partial charge in [-0.05, 0) is 24.5 Å². The highest BCUT2D eigenvalue weighted by Gasteiger charge is 2.07. The molecule has 1 heterocycles. The Labute approximate surface area is 82.2 Å². The molecule has 13 heavy (non-hydrogen) atoms. The molecule has 1 nitrogen and oxygen atoms in total. The molecule has 0 amide bonds. The summed E-state index contributed by atoms with van der Waals surface area (Å²) in [5.41, 5.74) is 9.55. The number of hydrogen-bond acceptors (Lipinski definition) is 2. The lowest BCUT2D eigenvalue weighted by molar-refractivity contribution is 1.16. The lowest BCUT2D eigenvalue weighted by atomic mass is 10.0. The fourth-order valence-corrected chi connectivity index (χ4v) is 2.66. The zero-order valence-corrected chi connectivity index (χ0v) is 8.74. The lowest BCUT2D eigenvalue weighted by Crippen LogP contribution is -1.87. The van der Waals surface area contributed by atoms with E-state index in [0.717, 1.165) is 12.1 Å². The van der Waals surface area contributed by atoms with Crippen LogP contribution in [0.4, 0.5) is 5.69 Å². The van der Waals surface area contributed by atoms with Crippen LogP contribution in [0.3, 0.4) is 0 Å². The molecule has 0 fully saturated rings. The highest BCUT2D eigenvalue weighted by Crippen LogP contribution is 2.33. The number of nitrogen functional groups attached to an aromatic ring is 1. The Balaban J connectivity index is 2.88. The molecule has 0 atom stereocenters. The minimum absolute atomic E-state index is 0.931. The van der Waals surface area contributed by atoms with E-state index >= 15 is 0 Å². The largest absolute Gasteiger partial charge is 0.398 e. The van der Waals surface area contributed by atoms with Crippen molar-refractivity contribution in [3.05, 3.63) is 28.6 Å². The molecule has 0 unspecified atom stereocenters. The first kappa shape index (κ1) is 8.57. The average Bonchev–Trinajstić information content (AvgIpc) is 2.51. The Morgan fingerprint density at radius 2 is 2.15 bits per heavy atom. The summed E-state index contributed by atoms with van der Waals surface area (Å²) in [5, 5.41) is 3.31. The van der Waals surface area contributed by atoms with Gasteiger partial charge in [-0.1, -0.05) is 19.1 Å². The molecule has 0 radical (unpaired) electrons. The summed E-state index contributed by atoms with van der Waals surface area (Å²) in [6, 6.07) is 4.36. The zero-order chi connectivity index (χ0) is 9.42. The number of thiophene rings is 1. The second-order valence-corrected chi connectivity index (χ2v) is 4.17. The molecule has 1 aromatic heterocycles. The van der Waals surface area contributed by atoms with Crippen molar-refractivity contribution >= 4 is 27.1 Å². The first-order valence-corrected chi connectivity index (χ1v) is 5.37. The molecule has 2 N–H and O–H groups in total. The molecule has 0 spiro atoms. The molecule has 2 aromatic rings. The summed E-state index contributed by atoms with van der Waals surface area (Å²) in [7, 11) is 0. The van der Waals surface area contributed by atoms with E-state index in [2.05, 4.69) is 26.0 Å². The molecule has 0 aliphatic rings. The molecule has 0 aliphatic carbocycles. The van der Waals surface area contributed by atoms with E-state index < -0.39 is 0 Å². The van der Waals surface area contributed by atoms with Crippen LogP contribution in [-0.2, 0) is 6.42 Å². The third kappa shape index (κ3) is 1.22. The van der Waals surface area contributed by atoms with Crippen molar-refractivity contribution in [2.75, 3.05) is 5.73 Å². The summed E-state index contributed by atoms with van der Waals surface area (Å²) >= 11 is 1.75. The first-order valence-electron chi connectivity index (χ1n) is 4.49. The third-order valence-corrected chi connectivity index (χ3v) is 3.55. The average molecular weight is 191 g/mol. The van der Waals surface area contributed by atoms with Crippen LogP contribution in [0.1, 0.15) is 18.1 Å². The van der Waals surface area contributed by atoms with E-state index in [1.165, 1.54) is 21.2 Å². The van der Waals surface area contributed by atoms with Crippen LogP contribution >= 0.6 is 11.3 Å². The van der Waals surface area contributed by atoms with Gasteiger partial charge in [0.05, 0.1) is 5.69 Å². The van der Waals surface area contributed by atoms with Crippen LogP contribution in [0.25, 0.3) is 10.1 Å². The predicted molar refractivity (Wildman–Crippen MR) is 60.4 cm³/mol. The lowest BCUT2D eigenvalue weighted by Gasteiger charge is -2.02. The zero-order valence-electron chi connectivity index (χ0n) is 7.92. The standard InChI is InChI=1S/C11H13NS/c1-3-8-5-4-7(2)11-10(8)9(12)6-13-11/h4-6H,3,12H2,1-2H3. The van der Waals surface area contributed by atoms with E-state index in [1.54, 1.807) is 11.3 Å². The molecule has 0 saturated carbocycles. The minimum atomic E-state index is 0.931. The summed E-state index contributed by atoms with van der Waals surface area (Å²) in [6.45, 7) is 4.30. The van der Waals surface area contributed by atoms with E-state index in [0.29, 0.717) is 0 Å². The van der Waals surface area contributed by atoms with Crippen LogP contribution < -0.4 is 5.73 Å². The number of rotatable bonds is 1. The molecule has 0 saturated heterocycles. The number of nitrogens with two attached hydrogens (primary N) is 1. The van der Waals surface area contributed by atoms with Gasteiger partial charge in [0.25, 0.3) is 0 Å².